The molecule has 0 unspecified atom stereocenters. The fourth-order valence-electron chi connectivity index (χ4n) is 1.40. The maximum Gasteiger partial charge on any atom is 0.335 e. The smallest absolute Gasteiger partial charge is 0.335 e. The van der Waals surface area contributed by atoms with Crippen molar-refractivity contribution in [3.63, 3.8) is 0 Å². The molecule has 9 nitrogen and oxygen atoms in total. The van der Waals surface area contributed by atoms with Crippen molar-refractivity contribution in [2.24, 2.45) is 0 Å². The lowest BCUT2D eigenvalue weighted by Gasteiger charge is -2.15. The summed E-state index contributed by atoms with van der Waals surface area (Å²) in [5.74, 6) is -1.69. The van der Waals surface area contributed by atoms with Crippen LogP contribution in [0.1, 0.15) is 19.7 Å². The number of nitrogens with one attached hydrogen (secondary N) is 2. The van der Waals surface area contributed by atoms with Gasteiger partial charge >= 0.3 is 11.9 Å². The van der Waals surface area contributed by atoms with Crippen LogP contribution in [-0.2, 0) is 29.1 Å². The minimum absolute atomic E-state index is 0.000365. The molecule has 1 heterocycles. The van der Waals surface area contributed by atoms with E-state index in [9.17, 15) is 18.0 Å². The Kier molecular flexibility index (Phi) is 5.85. The summed E-state index contributed by atoms with van der Waals surface area (Å²) in [6, 6.07) is -1.77. The lowest BCUT2D eigenvalue weighted by atomic mass is 10.3. The van der Waals surface area contributed by atoms with Crippen LogP contribution in [0.3, 0.4) is 0 Å². The molecule has 0 spiro atoms. The second-order valence-electron chi connectivity index (χ2n) is 3.89. The van der Waals surface area contributed by atoms with E-state index in [0.29, 0.717) is 5.82 Å². The number of hydrogen-bond acceptors (Lipinski definition) is 7. The van der Waals surface area contributed by atoms with Gasteiger partial charge in [-0.1, -0.05) is 0 Å². The molecule has 10 heteroatoms. The first-order valence-corrected chi connectivity index (χ1v) is 7.67. The van der Waals surface area contributed by atoms with Crippen molar-refractivity contribution in [3.05, 3.63) is 12.0 Å². The summed E-state index contributed by atoms with van der Waals surface area (Å²) in [4.78, 5) is 29.6. The topological polar surface area (TPSA) is 127 Å². The van der Waals surface area contributed by atoms with Crippen molar-refractivity contribution in [2.45, 2.75) is 31.8 Å². The average molecular weight is 319 g/mol. The molecule has 2 N–H and O–H groups in total. The van der Waals surface area contributed by atoms with Crippen LogP contribution in [0.5, 0.6) is 0 Å². The Bertz CT molecular complexity index is 591. The highest BCUT2D eigenvalue weighted by atomic mass is 32.2. The second-order valence-corrected chi connectivity index (χ2v) is 5.57. The number of sulfonamides is 1. The molecule has 1 rings (SSSR count). The van der Waals surface area contributed by atoms with Crippen LogP contribution in [-0.4, -0.2) is 49.6 Å². The SMILES string of the molecule is CCOC(=O)C(NS(=O)(=O)c1cnc(C)[nH]1)C(=O)OCC. The van der Waals surface area contributed by atoms with Crippen molar-refractivity contribution in [1.29, 1.82) is 0 Å². The molecule has 21 heavy (non-hydrogen) atoms. The van der Waals surface area contributed by atoms with Crippen LogP contribution < -0.4 is 4.72 Å². The van der Waals surface area contributed by atoms with Gasteiger partial charge in [0.25, 0.3) is 10.0 Å². The summed E-state index contributed by atoms with van der Waals surface area (Å²) in [6.07, 6.45) is 1.07. The Balaban J connectivity index is 2.99. The van der Waals surface area contributed by atoms with Crippen LogP contribution in [0.25, 0.3) is 0 Å². The number of aromatic nitrogens is 2. The molecule has 1 aromatic heterocycles. The van der Waals surface area contributed by atoms with Crippen LogP contribution in [0, 0.1) is 6.92 Å². The molecule has 118 valence electrons. The number of imidazole rings is 1. The lowest BCUT2D eigenvalue weighted by Crippen LogP contribution is -2.48. The molecule has 0 aliphatic heterocycles. The van der Waals surface area contributed by atoms with Gasteiger partial charge in [-0.3, -0.25) is 0 Å². The van der Waals surface area contributed by atoms with E-state index in [0.717, 1.165) is 6.20 Å². The average Bonchev–Trinajstić information content (AvgIpc) is 2.84. The maximum atomic E-state index is 12.1. The molecule has 0 aromatic carbocycles. The highest BCUT2D eigenvalue weighted by Gasteiger charge is 2.35. The summed E-state index contributed by atoms with van der Waals surface area (Å²) < 4.78 is 35.4. The first-order chi connectivity index (χ1) is 9.81. The standard InChI is InChI=1S/C11H17N3O6S/c1-4-19-10(15)9(11(16)20-5-2)14-21(17,18)8-6-12-7(3)13-8/h6,9,14H,4-5H2,1-3H3,(H,12,13). The molecular weight excluding hydrogens is 302 g/mol. The quantitative estimate of drug-likeness (QED) is 0.512. The summed E-state index contributed by atoms with van der Waals surface area (Å²) in [5.41, 5.74) is 0. The van der Waals surface area contributed by atoms with Gasteiger partial charge in [-0.15, -0.1) is 0 Å². The number of nitrogens with zero attached hydrogens (tertiary/aromatic N) is 1. The van der Waals surface area contributed by atoms with E-state index in [2.05, 4.69) is 19.4 Å². The molecule has 0 amide bonds. The van der Waals surface area contributed by atoms with Crippen molar-refractivity contribution in [1.82, 2.24) is 14.7 Å². The number of carbonyl (C=O) groups is 2. The molecule has 0 radical (unpaired) electrons. The summed E-state index contributed by atoms with van der Waals surface area (Å²) in [7, 11) is -4.14. The lowest BCUT2D eigenvalue weighted by molar-refractivity contribution is -0.157. The number of aromatic amines is 1. The predicted octanol–water partition coefficient (Wildman–Crippen LogP) is -0.509. The molecule has 1 aromatic rings. The highest BCUT2D eigenvalue weighted by Crippen LogP contribution is 2.07. The van der Waals surface area contributed by atoms with Gasteiger partial charge in [0.05, 0.1) is 19.4 Å². The number of H-pyrrole nitrogens is 1. The minimum atomic E-state index is -4.14. The molecular formula is C11H17N3O6S. The Morgan fingerprint density at radius 3 is 2.19 bits per heavy atom. The summed E-state index contributed by atoms with van der Waals surface area (Å²) in [6.45, 7) is 4.63. The normalized spacial score (nSPS) is 11.4. The second kappa shape index (κ2) is 7.18. The van der Waals surface area contributed by atoms with Gasteiger partial charge < -0.3 is 14.5 Å². The number of aryl methyl sites for hydroxylation is 1. The Hall–Kier alpha value is -1.94. The summed E-state index contributed by atoms with van der Waals surface area (Å²) >= 11 is 0. The number of rotatable bonds is 7. The third-order valence-electron chi connectivity index (χ3n) is 2.29. The first kappa shape index (κ1) is 17.1. The number of hydrogen-bond donors (Lipinski definition) is 2. The maximum absolute atomic E-state index is 12.1. The molecule has 0 saturated carbocycles. The van der Waals surface area contributed by atoms with E-state index in [-0.39, 0.29) is 18.2 Å². The van der Waals surface area contributed by atoms with Crippen molar-refractivity contribution in [3.8, 4) is 0 Å². The van der Waals surface area contributed by atoms with Crippen molar-refractivity contribution < 1.29 is 27.5 Å². The molecule has 0 aliphatic carbocycles. The van der Waals surface area contributed by atoms with Crippen LogP contribution in [0.15, 0.2) is 11.2 Å². The molecule has 0 saturated heterocycles. The van der Waals surface area contributed by atoms with E-state index in [4.69, 9.17) is 0 Å². The molecule has 0 atom stereocenters. The third kappa shape index (κ3) is 4.53. The van der Waals surface area contributed by atoms with E-state index in [1.807, 2.05) is 4.72 Å². The van der Waals surface area contributed by atoms with Crippen LogP contribution >= 0.6 is 0 Å². The van der Waals surface area contributed by atoms with E-state index < -0.39 is 28.0 Å². The van der Waals surface area contributed by atoms with Gasteiger partial charge in [-0.2, -0.15) is 4.72 Å². The number of esters is 2. The Morgan fingerprint density at radius 2 is 1.81 bits per heavy atom. The van der Waals surface area contributed by atoms with Gasteiger partial charge in [0.1, 0.15) is 5.82 Å². The predicted molar refractivity (Wildman–Crippen MR) is 70.7 cm³/mol. The fourth-order valence-corrected chi connectivity index (χ4v) is 2.50. The van der Waals surface area contributed by atoms with Crippen molar-refractivity contribution >= 4 is 22.0 Å². The van der Waals surface area contributed by atoms with Gasteiger partial charge in [0.15, 0.2) is 5.03 Å². The zero-order valence-corrected chi connectivity index (χ0v) is 12.7. The fraction of sp³-hybridized carbons (Fsp3) is 0.545. The van der Waals surface area contributed by atoms with Gasteiger partial charge in [-0.25, -0.2) is 23.0 Å². The monoisotopic (exact) mass is 319 g/mol. The third-order valence-corrected chi connectivity index (χ3v) is 3.62. The molecule has 0 bridgehead atoms. The zero-order chi connectivity index (χ0) is 16.0. The van der Waals surface area contributed by atoms with Gasteiger partial charge in [0.2, 0.25) is 6.04 Å². The van der Waals surface area contributed by atoms with E-state index >= 15 is 0 Å². The highest BCUT2D eigenvalue weighted by molar-refractivity contribution is 7.89. The minimum Gasteiger partial charge on any atom is -0.464 e. The van der Waals surface area contributed by atoms with Crippen LogP contribution in [0.4, 0.5) is 0 Å². The number of ether oxygens (including phenoxy) is 2. The molecule has 0 fully saturated rings. The first-order valence-electron chi connectivity index (χ1n) is 6.19. The van der Waals surface area contributed by atoms with Gasteiger partial charge in [-0.05, 0) is 20.8 Å². The zero-order valence-electron chi connectivity index (χ0n) is 11.9. The van der Waals surface area contributed by atoms with E-state index in [1.54, 1.807) is 6.92 Å². The molecule has 0 aliphatic rings. The van der Waals surface area contributed by atoms with E-state index in [1.165, 1.54) is 13.8 Å². The van der Waals surface area contributed by atoms with Crippen molar-refractivity contribution in [2.75, 3.05) is 13.2 Å². The summed E-state index contributed by atoms with van der Waals surface area (Å²) in [5, 5.41) is -0.265. The largest absolute Gasteiger partial charge is 0.464 e. The Labute approximate surface area is 122 Å². The van der Waals surface area contributed by atoms with Gasteiger partial charge in [0, 0.05) is 0 Å². The van der Waals surface area contributed by atoms with Crippen LogP contribution in [0.2, 0.25) is 0 Å². The number of carbonyl (C=O) groups excluding carboxylic acids is 2. The Morgan fingerprint density at radius 1 is 1.29 bits per heavy atom.